The summed E-state index contributed by atoms with van der Waals surface area (Å²) in [5.74, 6) is 0.0285. The molecule has 0 spiro atoms. The maximum Gasteiger partial charge on any atom is 0.224 e. The first kappa shape index (κ1) is 15.0. The monoisotopic (exact) mass is 306 g/mol. The standard InChI is InChI=1S/C18H18N4O/c23-18(6-1-4-15-5-2-11-19-14-15)21-16-7-9-17(10-8-16)22-13-3-12-20-22/h2-3,5,7-14H,1,4,6H2,(H,21,23). The van der Waals surface area contributed by atoms with Crippen LogP contribution in [-0.4, -0.2) is 20.7 Å². The molecule has 0 unspecified atom stereocenters. The zero-order valence-electron chi connectivity index (χ0n) is 12.7. The Balaban J connectivity index is 1.48. The Morgan fingerprint density at radius 3 is 2.65 bits per heavy atom. The summed E-state index contributed by atoms with van der Waals surface area (Å²) < 4.78 is 1.78. The number of pyridine rings is 1. The van der Waals surface area contributed by atoms with Gasteiger partial charge in [0, 0.05) is 36.9 Å². The van der Waals surface area contributed by atoms with E-state index in [9.17, 15) is 4.79 Å². The molecule has 116 valence electrons. The van der Waals surface area contributed by atoms with Crippen molar-refractivity contribution in [3.8, 4) is 5.69 Å². The van der Waals surface area contributed by atoms with Crippen LogP contribution in [0.25, 0.3) is 5.69 Å². The normalized spacial score (nSPS) is 10.4. The first-order valence-corrected chi connectivity index (χ1v) is 7.60. The lowest BCUT2D eigenvalue weighted by molar-refractivity contribution is -0.116. The molecule has 1 N–H and O–H groups in total. The summed E-state index contributed by atoms with van der Waals surface area (Å²) >= 11 is 0. The van der Waals surface area contributed by atoms with Gasteiger partial charge in [0.15, 0.2) is 0 Å². The number of carbonyl (C=O) groups is 1. The number of hydrogen-bond acceptors (Lipinski definition) is 3. The highest BCUT2D eigenvalue weighted by Gasteiger charge is 2.03. The van der Waals surface area contributed by atoms with Gasteiger partial charge >= 0.3 is 0 Å². The van der Waals surface area contributed by atoms with E-state index in [4.69, 9.17) is 0 Å². The topological polar surface area (TPSA) is 59.8 Å². The summed E-state index contributed by atoms with van der Waals surface area (Å²) in [4.78, 5) is 16.0. The third kappa shape index (κ3) is 4.26. The predicted molar refractivity (Wildman–Crippen MR) is 89.4 cm³/mol. The molecule has 1 aromatic carbocycles. The number of rotatable bonds is 6. The van der Waals surface area contributed by atoms with Gasteiger partial charge in [0.1, 0.15) is 0 Å². The Kier molecular flexibility index (Phi) is 4.79. The summed E-state index contributed by atoms with van der Waals surface area (Å²) in [6.07, 6.45) is 9.37. The molecule has 0 saturated heterocycles. The van der Waals surface area contributed by atoms with Crippen molar-refractivity contribution in [1.82, 2.24) is 14.8 Å². The largest absolute Gasteiger partial charge is 0.326 e. The van der Waals surface area contributed by atoms with E-state index in [1.165, 1.54) is 0 Å². The van der Waals surface area contributed by atoms with Gasteiger partial charge in [0.05, 0.1) is 5.69 Å². The van der Waals surface area contributed by atoms with Crippen LogP contribution in [0.4, 0.5) is 5.69 Å². The molecule has 3 rings (SSSR count). The van der Waals surface area contributed by atoms with Gasteiger partial charge < -0.3 is 5.32 Å². The molecule has 1 amide bonds. The van der Waals surface area contributed by atoms with Gasteiger partial charge in [-0.1, -0.05) is 6.07 Å². The SMILES string of the molecule is O=C(CCCc1cccnc1)Nc1ccc(-n2cccn2)cc1. The average molecular weight is 306 g/mol. The van der Waals surface area contributed by atoms with Crippen molar-refractivity contribution in [2.45, 2.75) is 19.3 Å². The first-order valence-electron chi connectivity index (χ1n) is 7.60. The van der Waals surface area contributed by atoms with E-state index in [1.807, 2.05) is 54.9 Å². The number of benzene rings is 1. The Morgan fingerprint density at radius 2 is 1.96 bits per heavy atom. The average Bonchev–Trinajstić information content (AvgIpc) is 3.11. The van der Waals surface area contributed by atoms with Crippen LogP contribution in [0.1, 0.15) is 18.4 Å². The maximum absolute atomic E-state index is 12.0. The molecule has 0 saturated carbocycles. The van der Waals surface area contributed by atoms with Crippen LogP contribution >= 0.6 is 0 Å². The quantitative estimate of drug-likeness (QED) is 0.760. The van der Waals surface area contributed by atoms with E-state index < -0.39 is 0 Å². The second-order valence-electron chi connectivity index (χ2n) is 5.26. The molecule has 5 nitrogen and oxygen atoms in total. The van der Waals surface area contributed by atoms with Crippen LogP contribution in [-0.2, 0) is 11.2 Å². The lowest BCUT2D eigenvalue weighted by atomic mass is 10.1. The number of nitrogens with zero attached hydrogens (tertiary/aromatic N) is 3. The molecule has 2 heterocycles. The van der Waals surface area contributed by atoms with Gasteiger partial charge in [0.2, 0.25) is 5.91 Å². The van der Waals surface area contributed by atoms with E-state index in [1.54, 1.807) is 17.1 Å². The van der Waals surface area contributed by atoms with Gasteiger partial charge in [0.25, 0.3) is 0 Å². The Hall–Kier alpha value is -2.95. The fourth-order valence-corrected chi connectivity index (χ4v) is 2.34. The van der Waals surface area contributed by atoms with Crippen molar-refractivity contribution in [2.24, 2.45) is 0 Å². The molecule has 0 radical (unpaired) electrons. The molecule has 0 aliphatic heterocycles. The lowest BCUT2D eigenvalue weighted by Gasteiger charge is -2.07. The second-order valence-corrected chi connectivity index (χ2v) is 5.26. The van der Waals surface area contributed by atoms with Gasteiger partial charge in [-0.25, -0.2) is 4.68 Å². The van der Waals surface area contributed by atoms with E-state index in [0.29, 0.717) is 6.42 Å². The molecule has 0 aliphatic carbocycles. The fourth-order valence-electron chi connectivity index (χ4n) is 2.34. The molecule has 0 bridgehead atoms. The predicted octanol–water partition coefficient (Wildman–Crippen LogP) is 3.23. The van der Waals surface area contributed by atoms with Crippen molar-refractivity contribution in [2.75, 3.05) is 5.32 Å². The minimum absolute atomic E-state index is 0.0285. The number of nitrogens with one attached hydrogen (secondary N) is 1. The summed E-state index contributed by atoms with van der Waals surface area (Å²) in [6, 6.07) is 13.4. The molecule has 3 aromatic rings. The molecule has 0 aliphatic rings. The first-order chi connectivity index (χ1) is 11.3. The highest BCUT2D eigenvalue weighted by molar-refractivity contribution is 5.90. The summed E-state index contributed by atoms with van der Waals surface area (Å²) in [5.41, 5.74) is 2.92. The van der Waals surface area contributed by atoms with E-state index in [0.717, 1.165) is 29.8 Å². The van der Waals surface area contributed by atoms with Crippen LogP contribution in [0.2, 0.25) is 0 Å². The minimum atomic E-state index is 0.0285. The molecule has 5 heteroatoms. The van der Waals surface area contributed by atoms with Gasteiger partial charge in [-0.15, -0.1) is 0 Å². The van der Waals surface area contributed by atoms with Crippen LogP contribution in [0.5, 0.6) is 0 Å². The Bertz CT molecular complexity index is 736. The lowest BCUT2D eigenvalue weighted by Crippen LogP contribution is -2.11. The highest BCUT2D eigenvalue weighted by atomic mass is 16.1. The number of carbonyl (C=O) groups excluding carboxylic acids is 1. The Morgan fingerprint density at radius 1 is 1.09 bits per heavy atom. The van der Waals surface area contributed by atoms with Crippen molar-refractivity contribution >= 4 is 11.6 Å². The van der Waals surface area contributed by atoms with Crippen LogP contribution in [0.15, 0.2) is 67.3 Å². The summed E-state index contributed by atoms with van der Waals surface area (Å²) in [6.45, 7) is 0. The number of aryl methyl sites for hydroxylation is 1. The summed E-state index contributed by atoms with van der Waals surface area (Å²) in [7, 11) is 0. The van der Waals surface area contributed by atoms with Crippen molar-refractivity contribution in [1.29, 1.82) is 0 Å². The molecule has 2 aromatic heterocycles. The van der Waals surface area contributed by atoms with E-state index >= 15 is 0 Å². The number of anilines is 1. The van der Waals surface area contributed by atoms with Crippen molar-refractivity contribution in [3.63, 3.8) is 0 Å². The van der Waals surface area contributed by atoms with Crippen molar-refractivity contribution < 1.29 is 4.79 Å². The minimum Gasteiger partial charge on any atom is -0.326 e. The zero-order valence-corrected chi connectivity index (χ0v) is 12.7. The van der Waals surface area contributed by atoms with Crippen LogP contribution in [0.3, 0.4) is 0 Å². The molecular formula is C18H18N4O. The molecule has 23 heavy (non-hydrogen) atoms. The summed E-state index contributed by atoms with van der Waals surface area (Å²) in [5, 5.41) is 7.09. The Labute approximate surface area is 135 Å². The molecule has 0 fully saturated rings. The fraction of sp³-hybridized carbons (Fsp3) is 0.167. The number of amides is 1. The van der Waals surface area contributed by atoms with Crippen molar-refractivity contribution in [3.05, 3.63) is 72.8 Å². The molecule has 0 atom stereocenters. The second kappa shape index (κ2) is 7.35. The van der Waals surface area contributed by atoms with E-state index in [2.05, 4.69) is 15.4 Å². The third-order valence-corrected chi connectivity index (χ3v) is 3.51. The van der Waals surface area contributed by atoms with Gasteiger partial charge in [-0.05, 0) is 54.8 Å². The zero-order chi connectivity index (χ0) is 15.9. The third-order valence-electron chi connectivity index (χ3n) is 3.51. The van der Waals surface area contributed by atoms with E-state index in [-0.39, 0.29) is 5.91 Å². The van der Waals surface area contributed by atoms with Gasteiger partial charge in [-0.2, -0.15) is 5.10 Å². The maximum atomic E-state index is 12.0. The number of aromatic nitrogens is 3. The number of hydrogen-bond donors (Lipinski definition) is 1. The van der Waals surface area contributed by atoms with Crippen LogP contribution in [0, 0.1) is 0 Å². The molecular weight excluding hydrogens is 288 g/mol. The smallest absolute Gasteiger partial charge is 0.224 e. The van der Waals surface area contributed by atoms with Crippen LogP contribution < -0.4 is 5.32 Å². The highest BCUT2D eigenvalue weighted by Crippen LogP contribution is 2.13. The van der Waals surface area contributed by atoms with Gasteiger partial charge in [-0.3, -0.25) is 9.78 Å².